The van der Waals surface area contributed by atoms with Crippen LogP contribution in [0.3, 0.4) is 0 Å². The summed E-state index contributed by atoms with van der Waals surface area (Å²) in [5, 5.41) is 7.77. The van der Waals surface area contributed by atoms with Gasteiger partial charge in [-0.2, -0.15) is 4.31 Å². The zero-order valence-electron chi connectivity index (χ0n) is 15.9. The summed E-state index contributed by atoms with van der Waals surface area (Å²) in [7, 11) is -7.47. The first-order valence-electron chi connectivity index (χ1n) is 9.08. The molecule has 156 valence electrons. The van der Waals surface area contributed by atoms with Gasteiger partial charge in [0.2, 0.25) is 26.0 Å². The van der Waals surface area contributed by atoms with E-state index in [9.17, 15) is 21.6 Å². The first-order chi connectivity index (χ1) is 13.6. The van der Waals surface area contributed by atoms with Crippen LogP contribution in [0.15, 0.2) is 58.3 Å². The smallest absolute Gasteiger partial charge is 0.243 e. The van der Waals surface area contributed by atoms with Gasteiger partial charge < -0.3 is 5.32 Å². The zero-order chi connectivity index (χ0) is 21.2. The van der Waals surface area contributed by atoms with Gasteiger partial charge in [0.05, 0.1) is 15.7 Å². The Morgan fingerprint density at radius 3 is 2.17 bits per heavy atom. The van der Waals surface area contributed by atoms with Crippen LogP contribution in [-0.4, -0.2) is 40.1 Å². The highest BCUT2D eigenvalue weighted by Crippen LogP contribution is 2.25. The number of carbonyl (C=O) groups is 1. The summed E-state index contributed by atoms with van der Waals surface area (Å²) in [6, 6.07) is 12.1. The van der Waals surface area contributed by atoms with Gasteiger partial charge in [0, 0.05) is 18.8 Å². The number of nitrogens with one attached hydrogen (secondary N) is 1. The molecule has 1 aliphatic rings. The summed E-state index contributed by atoms with van der Waals surface area (Å²) in [6.45, 7) is 2.34. The number of amides is 1. The summed E-state index contributed by atoms with van der Waals surface area (Å²) in [5.74, 6) is -0.806. The molecule has 0 unspecified atom stereocenters. The maximum Gasteiger partial charge on any atom is 0.243 e. The summed E-state index contributed by atoms with van der Waals surface area (Å²) in [6.07, 6.45) is 1.15. The minimum absolute atomic E-state index is 0.0523. The van der Waals surface area contributed by atoms with Crippen LogP contribution in [0.4, 0.5) is 5.69 Å². The lowest BCUT2D eigenvalue weighted by Crippen LogP contribution is -2.43. The number of hydrogen-bond donors (Lipinski definition) is 2. The maximum atomic E-state index is 12.9. The average molecular weight is 438 g/mol. The SMILES string of the molecule is Cc1ccc(S(=O)(=O)N2CCC[C@@H](C(=O)Nc3ccc(S(N)(=O)=O)cc3)C2)cc1. The molecule has 3 N–H and O–H groups in total. The van der Waals surface area contributed by atoms with Crippen molar-refractivity contribution in [1.82, 2.24) is 4.31 Å². The Morgan fingerprint density at radius 1 is 1.00 bits per heavy atom. The molecule has 1 fully saturated rings. The monoisotopic (exact) mass is 437 g/mol. The first-order valence-corrected chi connectivity index (χ1v) is 12.1. The number of sulfonamides is 2. The molecule has 0 spiro atoms. The van der Waals surface area contributed by atoms with Gasteiger partial charge >= 0.3 is 0 Å². The van der Waals surface area contributed by atoms with Crippen molar-refractivity contribution < 1.29 is 21.6 Å². The fourth-order valence-electron chi connectivity index (χ4n) is 3.21. The van der Waals surface area contributed by atoms with Crippen molar-refractivity contribution in [3.8, 4) is 0 Å². The Kier molecular flexibility index (Phi) is 6.08. The Balaban J connectivity index is 1.70. The highest BCUT2D eigenvalue weighted by atomic mass is 32.2. The molecule has 3 rings (SSSR count). The number of aryl methyl sites for hydroxylation is 1. The molecule has 0 aromatic heterocycles. The molecular weight excluding hydrogens is 414 g/mol. The molecule has 10 heteroatoms. The molecule has 1 saturated heterocycles. The summed E-state index contributed by atoms with van der Waals surface area (Å²) < 4.78 is 49.7. The third-order valence-electron chi connectivity index (χ3n) is 4.86. The second kappa shape index (κ2) is 8.23. The molecule has 1 heterocycles. The van der Waals surface area contributed by atoms with Gasteiger partial charge in [0.25, 0.3) is 0 Å². The topological polar surface area (TPSA) is 127 Å². The van der Waals surface area contributed by atoms with Gasteiger partial charge in [-0.25, -0.2) is 22.0 Å². The van der Waals surface area contributed by atoms with Crippen LogP contribution in [0, 0.1) is 12.8 Å². The number of hydrogen-bond acceptors (Lipinski definition) is 5. The van der Waals surface area contributed by atoms with Crippen LogP contribution in [0.5, 0.6) is 0 Å². The van der Waals surface area contributed by atoms with E-state index in [4.69, 9.17) is 5.14 Å². The van der Waals surface area contributed by atoms with Crippen molar-refractivity contribution in [2.45, 2.75) is 29.6 Å². The van der Waals surface area contributed by atoms with Crippen LogP contribution in [0.2, 0.25) is 0 Å². The molecule has 2 aromatic rings. The second-order valence-electron chi connectivity index (χ2n) is 7.07. The van der Waals surface area contributed by atoms with Gasteiger partial charge in [-0.1, -0.05) is 17.7 Å². The van der Waals surface area contributed by atoms with Gasteiger partial charge in [-0.3, -0.25) is 4.79 Å². The fraction of sp³-hybridized carbons (Fsp3) is 0.316. The zero-order valence-corrected chi connectivity index (χ0v) is 17.5. The number of piperidine rings is 1. The lowest BCUT2D eigenvalue weighted by molar-refractivity contribution is -0.120. The van der Waals surface area contributed by atoms with E-state index < -0.39 is 26.0 Å². The van der Waals surface area contributed by atoms with E-state index in [1.807, 2.05) is 6.92 Å². The Bertz CT molecular complexity index is 1100. The number of nitrogens with zero attached hydrogens (tertiary/aromatic N) is 1. The van der Waals surface area contributed by atoms with Crippen molar-refractivity contribution in [2.24, 2.45) is 11.1 Å². The molecule has 0 bridgehead atoms. The predicted octanol–water partition coefficient (Wildman–Crippen LogP) is 1.68. The molecule has 0 radical (unpaired) electrons. The minimum Gasteiger partial charge on any atom is -0.326 e. The van der Waals surface area contributed by atoms with Crippen molar-refractivity contribution >= 4 is 31.6 Å². The molecule has 2 aromatic carbocycles. The van der Waals surface area contributed by atoms with Crippen molar-refractivity contribution in [2.75, 3.05) is 18.4 Å². The molecular formula is C19H23N3O5S2. The molecule has 1 amide bonds. The molecule has 29 heavy (non-hydrogen) atoms. The van der Waals surface area contributed by atoms with E-state index in [0.29, 0.717) is 25.1 Å². The van der Waals surface area contributed by atoms with E-state index >= 15 is 0 Å². The maximum absolute atomic E-state index is 12.9. The number of benzene rings is 2. The summed E-state index contributed by atoms with van der Waals surface area (Å²) >= 11 is 0. The lowest BCUT2D eigenvalue weighted by atomic mass is 9.99. The van der Waals surface area contributed by atoms with Crippen LogP contribution in [0.1, 0.15) is 18.4 Å². The first kappa shape index (κ1) is 21.4. The largest absolute Gasteiger partial charge is 0.326 e. The third kappa shape index (κ3) is 5.02. The highest BCUT2D eigenvalue weighted by Gasteiger charge is 2.33. The van der Waals surface area contributed by atoms with Crippen LogP contribution < -0.4 is 10.5 Å². The van der Waals surface area contributed by atoms with E-state index in [1.54, 1.807) is 24.3 Å². The Hall–Kier alpha value is -2.27. The van der Waals surface area contributed by atoms with E-state index in [1.165, 1.54) is 28.6 Å². The number of anilines is 1. The second-order valence-corrected chi connectivity index (χ2v) is 10.6. The average Bonchev–Trinajstić information content (AvgIpc) is 2.68. The van der Waals surface area contributed by atoms with Crippen LogP contribution >= 0.6 is 0 Å². The van der Waals surface area contributed by atoms with Crippen molar-refractivity contribution in [3.63, 3.8) is 0 Å². The molecule has 0 aliphatic carbocycles. The standard InChI is InChI=1S/C19H23N3O5S2/c1-14-4-8-18(9-5-14)29(26,27)22-12-2-3-15(13-22)19(23)21-16-6-10-17(11-7-16)28(20,24)25/h4-11,15H,2-3,12-13H2,1H3,(H,21,23)(H2,20,24,25)/t15-/m1/s1. The Labute approximate surface area is 170 Å². The van der Waals surface area contributed by atoms with E-state index in [-0.39, 0.29) is 22.2 Å². The lowest BCUT2D eigenvalue weighted by Gasteiger charge is -2.31. The summed E-state index contributed by atoms with van der Waals surface area (Å²) in [5.41, 5.74) is 1.38. The minimum atomic E-state index is -3.81. The van der Waals surface area contributed by atoms with Crippen LogP contribution in [-0.2, 0) is 24.8 Å². The quantitative estimate of drug-likeness (QED) is 0.736. The van der Waals surface area contributed by atoms with Gasteiger partial charge in [0.1, 0.15) is 0 Å². The number of nitrogens with two attached hydrogens (primary N) is 1. The van der Waals surface area contributed by atoms with Crippen molar-refractivity contribution in [1.29, 1.82) is 0 Å². The third-order valence-corrected chi connectivity index (χ3v) is 7.67. The van der Waals surface area contributed by atoms with Gasteiger partial charge in [-0.15, -0.1) is 0 Å². The van der Waals surface area contributed by atoms with Crippen molar-refractivity contribution in [3.05, 3.63) is 54.1 Å². The molecule has 8 nitrogen and oxygen atoms in total. The van der Waals surface area contributed by atoms with Crippen LogP contribution in [0.25, 0.3) is 0 Å². The molecule has 0 saturated carbocycles. The molecule has 1 atom stereocenters. The summed E-state index contributed by atoms with van der Waals surface area (Å²) in [4.78, 5) is 12.8. The fourth-order valence-corrected chi connectivity index (χ4v) is 5.25. The van der Waals surface area contributed by atoms with Gasteiger partial charge in [0.15, 0.2) is 0 Å². The molecule has 1 aliphatic heterocycles. The normalized spacial score (nSPS) is 18.3. The number of carbonyl (C=O) groups excluding carboxylic acids is 1. The van der Waals surface area contributed by atoms with Gasteiger partial charge in [-0.05, 0) is 56.2 Å². The highest BCUT2D eigenvalue weighted by molar-refractivity contribution is 7.89. The Morgan fingerprint density at radius 2 is 1.59 bits per heavy atom. The van der Waals surface area contributed by atoms with E-state index in [0.717, 1.165) is 5.56 Å². The predicted molar refractivity (Wildman–Crippen MR) is 109 cm³/mol. The number of rotatable bonds is 5. The number of primary sulfonamides is 1. The van der Waals surface area contributed by atoms with E-state index in [2.05, 4.69) is 5.32 Å².